The summed E-state index contributed by atoms with van der Waals surface area (Å²) in [4.78, 5) is 13.8. The van der Waals surface area contributed by atoms with Crippen LogP contribution >= 0.6 is 0 Å². The van der Waals surface area contributed by atoms with E-state index in [0.717, 1.165) is 24.3 Å². The summed E-state index contributed by atoms with van der Waals surface area (Å²) in [5, 5.41) is 17.2. The van der Waals surface area contributed by atoms with Gasteiger partial charge in [0.2, 0.25) is 0 Å². The number of esters is 1. The first-order chi connectivity index (χ1) is 13.0. The molecule has 0 aromatic heterocycles. The molecule has 0 unspecified atom stereocenters. The van der Waals surface area contributed by atoms with Crippen LogP contribution in [-0.4, -0.2) is 25.2 Å². The predicted molar refractivity (Wildman–Crippen MR) is 103 cm³/mol. The van der Waals surface area contributed by atoms with Crippen molar-refractivity contribution in [1.82, 2.24) is 0 Å². The second-order valence-electron chi connectivity index (χ2n) is 6.42. The van der Waals surface area contributed by atoms with Gasteiger partial charge in [-0.25, -0.2) is 4.79 Å². The summed E-state index contributed by atoms with van der Waals surface area (Å²) < 4.78 is 5.42. The molecule has 6 nitrogen and oxygen atoms in total. The zero-order chi connectivity index (χ0) is 19.2. The molecule has 1 atom stereocenters. The fraction of sp³-hybridized carbons (Fsp3) is 0.238. The number of benzene rings is 2. The Balaban J connectivity index is 1.59. The molecule has 0 radical (unpaired) electrons. The number of ether oxygens (including phenoxy) is 1. The molecule has 3 rings (SSSR count). The minimum atomic E-state index is -0.333. The highest BCUT2D eigenvalue weighted by Crippen LogP contribution is 2.26. The Hall–Kier alpha value is -3.46. The Labute approximate surface area is 158 Å². The molecule has 1 saturated heterocycles. The number of nitrogens with zero attached hydrogens (tertiary/aromatic N) is 4. The predicted octanol–water partition coefficient (Wildman–Crippen LogP) is 4.67. The van der Waals surface area contributed by atoms with Crippen molar-refractivity contribution in [2.75, 3.05) is 18.0 Å². The number of carbonyl (C=O) groups excluding carboxylic acids is 1. The first-order valence-electron chi connectivity index (χ1n) is 8.68. The van der Waals surface area contributed by atoms with Gasteiger partial charge in [-0.3, -0.25) is 0 Å². The van der Waals surface area contributed by atoms with E-state index in [4.69, 9.17) is 10.00 Å². The van der Waals surface area contributed by atoms with Crippen LogP contribution in [0.3, 0.4) is 0 Å². The molecule has 1 fully saturated rings. The lowest BCUT2D eigenvalue weighted by molar-refractivity contribution is -0.143. The maximum atomic E-state index is 11.6. The van der Waals surface area contributed by atoms with Crippen molar-refractivity contribution in [2.45, 2.75) is 19.4 Å². The first-order valence-corrected chi connectivity index (χ1v) is 8.68. The van der Waals surface area contributed by atoms with Crippen molar-refractivity contribution in [2.24, 2.45) is 10.2 Å². The third kappa shape index (κ3) is 4.79. The van der Waals surface area contributed by atoms with Gasteiger partial charge >= 0.3 is 5.97 Å². The molecule has 1 aliphatic rings. The summed E-state index contributed by atoms with van der Waals surface area (Å²) in [5.74, 6) is -0.333. The molecule has 27 heavy (non-hydrogen) atoms. The highest BCUT2D eigenvalue weighted by atomic mass is 16.5. The number of nitriles is 1. The van der Waals surface area contributed by atoms with Crippen LogP contribution in [0.5, 0.6) is 0 Å². The van der Waals surface area contributed by atoms with Gasteiger partial charge in [0.05, 0.1) is 29.6 Å². The number of rotatable bonds is 5. The SMILES string of the molecule is C=C(C)C(=O)O[C@H]1CCN(c2ccc(N=Nc3ccc(C#N)cc3)cc2)C1. The Morgan fingerprint density at radius 2 is 1.74 bits per heavy atom. The second-order valence-corrected chi connectivity index (χ2v) is 6.42. The molecule has 0 spiro atoms. The van der Waals surface area contributed by atoms with E-state index in [-0.39, 0.29) is 12.1 Å². The van der Waals surface area contributed by atoms with Crippen LogP contribution in [0.25, 0.3) is 0 Å². The molecule has 0 N–H and O–H groups in total. The molecule has 0 saturated carbocycles. The van der Waals surface area contributed by atoms with Crippen molar-refractivity contribution in [3.63, 3.8) is 0 Å². The van der Waals surface area contributed by atoms with Crippen molar-refractivity contribution < 1.29 is 9.53 Å². The van der Waals surface area contributed by atoms with E-state index in [1.165, 1.54) is 0 Å². The second kappa shape index (κ2) is 8.28. The lowest BCUT2D eigenvalue weighted by atomic mass is 10.2. The Morgan fingerprint density at radius 3 is 2.30 bits per heavy atom. The molecular weight excluding hydrogens is 340 g/mol. The van der Waals surface area contributed by atoms with Crippen LogP contribution < -0.4 is 4.90 Å². The quantitative estimate of drug-likeness (QED) is 0.441. The van der Waals surface area contributed by atoms with Gasteiger partial charge in [0.15, 0.2) is 0 Å². The molecule has 1 aliphatic heterocycles. The highest BCUT2D eigenvalue weighted by Gasteiger charge is 2.25. The van der Waals surface area contributed by atoms with Crippen molar-refractivity contribution >= 4 is 23.0 Å². The summed E-state index contributed by atoms with van der Waals surface area (Å²) in [6.07, 6.45) is 0.698. The highest BCUT2D eigenvalue weighted by molar-refractivity contribution is 5.87. The lowest BCUT2D eigenvalue weighted by Gasteiger charge is -2.18. The lowest BCUT2D eigenvalue weighted by Crippen LogP contribution is -2.24. The Bertz CT molecular complexity index is 895. The number of carbonyl (C=O) groups is 1. The standard InChI is InChI=1S/C21H20N4O2/c1-15(2)21(26)27-20-11-12-25(14-20)19-9-7-18(8-10-19)24-23-17-5-3-16(13-22)4-6-17/h3-10,20H,1,11-12,14H2,2H3/t20-/m0/s1. The largest absolute Gasteiger partial charge is 0.457 e. The third-order valence-electron chi connectivity index (χ3n) is 4.26. The van der Waals surface area contributed by atoms with Gasteiger partial charge in [-0.15, -0.1) is 0 Å². The number of anilines is 1. The van der Waals surface area contributed by atoms with Gasteiger partial charge in [-0.1, -0.05) is 6.58 Å². The molecule has 2 aromatic rings. The number of hydrogen-bond acceptors (Lipinski definition) is 6. The normalized spacial score (nSPS) is 16.3. The topological polar surface area (TPSA) is 78.0 Å². The summed E-state index contributed by atoms with van der Waals surface area (Å²) >= 11 is 0. The van der Waals surface area contributed by atoms with E-state index >= 15 is 0 Å². The number of hydrogen-bond donors (Lipinski definition) is 0. The minimum absolute atomic E-state index is 0.107. The number of azo groups is 1. The molecule has 0 bridgehead atoms. The van der Waals surface area contributed by atoms with E-state index in [0.29, 0.717) is 23.4 Å². The summed E-state index contributed by atoms with van der Waals surface area (Å²) in [5.41, 5.74) is 3.51. The monoisotopic (exact) mass is 360 g/mol. The van der Waals surface area contributed by atoms with E-state index in [1.807, 2.05) is 24.3 Å². The van der Waals surface area contributed by atoms with Gasteiger partial charge in [0.25, 0.3) is 0 Å². The van der Waals surface area contributed by atoms with Crippen LogP contribution in [0, 0.1) is 11.3 Å². The van der Waals surface area contributed by atoms with Crippen molar-refractivity contribution in [1.29, 1.82) is 5.26 Å². The first kappa shape index (κ1) is 18.3. The van der Waals surface area contributed by atoms with E-state index < -0.39 is 0 Å². The average molecular weight is 360 g/mol. The summed E-state index contributed by atoms with van der Waals surface area (Å²) in [7, 11) is 0. The maximum Gasteiger partial charge on any atom is 0.333 e. The van der Waals surface area contributed by atoms with Gasteiger partial charge in [-0.05, 0) is 55.5 Å². The van der Waals surface area contributed by atoms with Gasteiger partial charge in [-0.2, -0.15) is 15.5 Å². The van der Waals surface area contributed by atoms with E-state index in [1.54, 1.807) is 31.2 Å². The van der Waals surface area contributed by atoms with Crippen molar-refractivity contribution in [3.8, 4) is 6.07 Å². The fourth-order valence-electron chi connectivity index (χ4n) is 2.76. The zero-order valence-corrected chi connectivity index (χ0v) is 15.1. The fourth-order valence-corrected chi connectivity index (χ4v) is 2.76. The Morgan fingerprint density at radius 1 is 1.15 bits per heavy atom. The Kier molecular flexibility index (Phi) is 5.62. The smallest absolute Gasteiger partial charge is 0.333 e. The van der Waals surface area contributed by atoms with Crippen LogP contribution in [0.15, 0.2) is 70.9 Å². The molecule has 0 amide bonds. The minimum Gasteiger partial charge on any atom is -0.457 e. The van der Waals surface area contributed by atoms with Crippen LogP contribution in [0.1, 0.15) is 18.9 Å². The molecular formula is C21H20N4O2. The van der Waals surface area contributed by atoms with Crippen LogP contribution in [0.2, 0.25) is 0 Å². The zero-order valence-electron chi connectivity index (χ0n) is 15.1. The third-order valence-corrected chi connectivity index (χ3v) is 4.26. The maximum absolute atomic E-state index is 11.6. The van der Waals surface area contributed by atoms with Crippen LogP contribution in [0.4, 0.5) is 17.1 Å². The van der Waals surface area contributed by atoms with Crippen LogP contribution in [-0.2, 0) is 9.53 Å². The van der Waals surface area contributed by atoms with E-state index in [9.17, 15) is 4.79 Å². The summed E-state index contributed by atoms with van der Waals surface area (Å²) in [6.45, 7) is 6.77. The van der Waals surface area contributed by atoms with Gasteiger partial charge in [0.1, 0.15) is 6.10 Å². The molecule has 0 aliphatic carbocycles. The summed E-state index contributed by atoms with van der Waals surface area (Å²) in [6, 6.07) is 16.8. The van der Waals surface area contributed by atoms with E-state index in [2.05, 4.69) is 27.8 Å². The molecule has 136 valence electrons. The van der Waals surface area contributed by atoms with Gasteiger partial charge in [0, 0.05) is 24.2 Å². The molecule has 1 heterocycles. The van der Waals surface area contributed by atoms with Crippen molar-refractivity contribution in [3.05, 3.63) is 66.2 Å². The molecule has 2 aromatic carbocycles. The van der Waals surface area contributed by atoms with Gasteiger partial charge < -0.3 is 9.64 Å². The average Bonchev–Trinajstić information content (AvgIpc) is 3.15. The molecule has 6 heteroatoms.